The zero-order valence-corrected chi connectivity index (χ0v) is 13.3. The summed E-state index contributed by atoms with van der Waals surface area (Å²) < 4.78 is 0. The molecule has 0 fully saturated rings. The fourth-order valence-electron chi connectivity index (χ4n) is 2.99. The number of aryl methyl sites for hydroxylation is 1. The van der Waals surface area contributed by atoms with E-state index in [4.69, 9.17) is 23.2 Å². The molecule has 2 aromatic rings. The van der Waals surface area contributed by atoms with Gasteiger partial charge in [0, 0.05) is 27.3 Å². The van der Waals surface area contributed by atoms with Crippen molar-refractivity contribution in [1.29, 1.82) is 0 Å². The van der Waals surface area contributed by atoms with E-state index in [0.717, 1.165) is 24.8 Å². The molecule has 1 aliphatic rings. The maximum Gasteiger partial charge on any atom is 0.0649 e. The van der Waals surface area contributed by atoms with Gasteiger partial charge in [0.05, 0.1) is 6.10 Å². The summed E-state index contributed by atoms with van der Waals surface area (Å²) in [7, 11) is 0. The van der Waals surface area contributed by atoms with Crippen molar-refractivity contribution in [3.05, 3.63) is 55.7 Å². The highest BCUT2D eigenvalue weighted by molar-refractivity contribution is 7.10. The number of hydrogen-bond acceptors (Lipinski definition) is 2. The first kappa shape index (κ1) is 14.4. The standard InChI is InChI=1S/C16H16Cl2OS/c17-11-4-5-14(18)10(8-11)9-15(19)12-2-1-3-16-13(12)6-7-20-16/h4-8,12,15,19H,1-3,9H2. The highest BCUT2D eigenvalue weighted by atomic mass is 35.5. The Labute approximate surface area is 133 Å². The van der Waals surface area contributed by atoms with E-state index in [1.807, 2.05) is 6.07 Å². The number of aliphatic hydroxyl groups is 1. The van der Waals surface area contributed by atoms with Gasteiger partial charge in [-0.1, -0.05) is 23.2 Å². The van der Waals surface area contributed by atoms with Crippen molar-refractivity contribution >= 4 is 34.5 Å². The van der Waals surface area contributed by atoms with Crippen LogP contribution in [-0.2, 0) is 12.8 Å². The molecular weight excluding hydrogens is 311 g/mol. The average Bonchev–Trinajstić information content (AvgIpc) is 2.91. The third-order valence-corrected chi connectivity index (χ3v) is 5.60. The summed E-state index contributed by atoms with van der Waals surface area (Å²) in [5, 5.41) is 14.1. The van der Waals surface area contributed by atoms with Crippen LogP contribution in [0.4, 0.5) is 0 Å². The monoisotopic (exact) mass is 326 g/mol. The fraction of sp³-hybridized carbons (Fsp3) is 0.375. The van der Waals surface area contributed by atoms with Crippen molar-refractivity contribution in [2.24, 2.45) is 0 Å². The van der Waals surface area contributed by atoms with Gasteiger partial charge >= 0.3 is 0 Å². The lowest BCUT2D eigenvalue weighted by Gasteiger charge is -2.27. The lowest BCUT2D eigenvalue weighted by molar-refractivity contribution is 0.135. The maximum atomic E-state index is 10.6. The van der Waals surface area contributed by atoms with Crippen LogP contribution in [0.3, 0.4) is 0 Å². The SMILES string of the molecule is OC(Cc1cc(Cl)ccc1Cl)C1CCCc2sccc21. The predicted molar refractivity (Wildman–Crippen MR) is 86.2 cm³/mol. The molecule has 0 saturated carbocycles. The predicted octanol–water partition coefficient (Wildman–Crippen LogP) is 5.08. The van der Waals surface area contributed by atoms with Gasteiger partial charge in [0.1, 0.15) is 0 Å². The number of rotatable bonds is 3. The number of thiophene rings is 1. The molecular formula is C16H16Cl2OS. The summed E-state index contributed by atoms with van der Waals surface area (Å²) in [6.45, 7) is 0. The van der Waals surface area contributed by atoms with Crippen LogP contribution in [0, 0.1) is 0 Å². The van der Waals surface area contributed by atoms with E-state index >= 15 is 0 Å². The zero-order chi connectivity index (χ0) is 14.1. The third kappa shape index (κ3) is 2.89. The minimum absolute atomic E-state index is 0.222. The largest absolute Gasteiger partial charge is 0.392 e. The van der Waals surface area contributed by atoms with Gasteiger partial charge in [0.25, 0.3) is 0 Å². The van der Waals surface area contributed by atoms with Crippen LogP contribution in [0.5, 0.6) is 0 Å². The molecule has 0 saturated heterocycles. The van der Waals surface area contributed by atoms with Gasteiger partial charge in [0.15, 0.2) is 0 Å². The molecule has 0 bridgehead atoms. The lowest BCUT2D eigenvalue weighted by Crippen LogP contribution is -2.24. The van der Waals surface area contributed by atoms with Crippen LogP contribution < -0.4 is 0 Å². The Kier molecular flexibility index (Phi) is 4.37. The maximum absolute atomic E-state index is 10.6. The van der Waals surface area contributed by atoms with E-state index in [1.54, 1.807) is 23.5 Å². The van der Waals surface area contributed by atoms with E-state index in [1.165, 1.54) is 10.4 Å². The topological polar surface area (TPSA) is 20.2 Å². The molecule has 3 rings (SSSR count). The molecule has 0 amide bonds. The normalized spacial score (nSPS) is 19.6. The van der Waals surface area contributed by atoms with Crippen molar-refractivity contribution < 1.29 is 5.11 Å². The summed E-state index contributed by atoms with van der Waals surface area (Å²) in [4.78, 5) is 1.43. The molecule has 0 aliphatic heterocycles. The minimum atomic E-state index is -0.403. The van der Waals surface area contributed by atoms with Crippen molar-refractivity contribution in [3.8, 4) is 0 Å². The smallest absolute Gasteiger partial charge is 0.0649 e. The number of aliphatic hydroxyl groups excluding tert-OH is 1. The average molecular weight is 327 g/mol. The van der Waals surface area contributed by atoms with Gasteiger partial charge in [-0.15, -0.1) is 11.3 Å². The molecule has 2 unspecified atom stereocenters. The quantitative estimate of drug-likeness (QED) is 0.834. The first-order valence-corrected chi connectivity index (χ1v) is 8.47. The Hall–Kier alpha value is -0.540. The zero-order valence-electron chi connectivity index (χ0n) is 11.0. The number of halogens is 2. The summed E-state index contributed by atoms with van der Waals surface area (Å²) >= 11 is 14.0. The van der Waals surface area contributed by atoms with Crippen LogP contribution in [0.25, 0.3) is 0 Å². The van der Waals surface area contributed by atoms with Gasteiger partial charge in [0.2, 0.25) is 0 Å². The summed E-state index contributed by atoms with van der Waals surface area (Å²) in [6, 6.07) is 7.58. The van der Waals surface area contributed by atoms with Gasteiger partial charge in [-0.05, 0) is 60.0 Å². The van der Waals surface area contributed by atoms with Crippen LogP contribution in [0.1, 0.15) is 34.8 Å². The second kappa shape index (κ2) is 6.07. The minimum Gasteiger partial charge on any atom is -0.392 e. The number of benzene rings is 1. The van der Waals surface area contributed by atoms with E-state index in [2.05, 4.69) is 11.4 Å². The molecule has 1 nitrogen and oxygen atoms in total. The fourth-order valence-corrected chi connectivity index (χ4v) is 4.38. The van der Waals surface area contributed by atoms with Crippen molar-refractivity contribution in [1.82, 2.24) is 0 Å². The van der Waals surface area contributed by atoms with E-state index in [9.17, 15) is 5.11 Å². The summed E-state index contributed by atoms with van der Waals surface area (Å²) in [6.07, 6.45) is 3.49. The van der Waals surface area contributed by atoms with Crippen LogP contribution in [0.2, 0.25) is 10.0 Å². The Morgan fingerprint density at radius 3 is 3.00 bits per heavy atom. The molecule has 2 atom stereocenters. The van der Waals surface area contributed by atoms with Gasteiger partial charge < -0.3 is 5.11 Å². The van der Waals surface area contributed by atoms with E-state index in [0.29, 0.717) is 16.5 Å². The Morgan fingerprint density at radius 2 is 2.15 bits per heavy atom. The molecule has 1 aromatic carbocycles. The van der Waals surface area contributed by atoms with Crippen molar-refractivity contribution in [2.75, 3.05) is 0 Å². The molecule has 4 heteroatoms. The van der Waals surface area contributed by atoms with Crippen molar-refractivity contribution in [3.63, 3.8) is 0 Å². The first-order valence-electron chi connectivity index (χ1n) is 6.83. The Morgan fingerprint density at radius 1 is 1.30 bits per heavy atom. The molecule has 0 radical (unpaired) electrons. The van der Waals surface area contributed by atoms with E-state index in [-0.39, 0.29) is 5.92 Å². The first-order chi connectivity index (χ1) is 9.65. The van der Waals surface area contributed by atoms with Crippen molar-refractivity contribution in [2.45, 2.75) is 37.7 Å². The van der Waals surface area contributed by atoms with Gasteiger partial charge in [-0.3, -0.25) is 0 Å². The molecule has 1 aromatic heterocycles. The highest BCUT2D eigenvalue weighted by Gasteiger charge is 2.27. The second-order valence-corrected chi connectivity index (χ2v) is 7.15. The summed E-state index contributed by atoms with van der Waals surface area (Å²) in [5.41, 5.74) is 2.25. The molecule has 106 valence electrons. The molecule has 20 heavy (non-hydrogen) atoms. The lowest BCUT2D eigenvalue weighted by atomic mass is 9.82. The number of fused-ring (bicyclic) bond motifs is 1. The van der Waals surface area contributed by atoms with Crippen LogP contribution >= 0.6 is 34.5 Å². The highest BCUT2D eigenvalue weighted by Crippen LogP contribution is 2.38. The van der Waals surface area contributed by atoms with Gasteiger partial charge in [-0.2, -0.15) is 0 Å². The van der Waals surface area contributed by atoms with Gasteiger partial charge in [-0.25, -0.2) is 0 Å². The number of hydrogen-bond donors (Lipinski definition) is 1. The summed E-state index contributed by atoms with van der Waals surface area (Å²) in [5.74, 6) is 0.222. The van der Waals surface area contributed by atoms with E-state index < -0.39 is 6.10 Å². The second-order valence-electron chi connectivity index (χ2n) is 5.31. The third-order valence-electron chi connectivity index (χ3n) is 4.00. The molecule has 1 aliphatic carbocycles. The Balaban J connectivity index is 1.81. The molecule has 1 heterocycles. The Bertz CT molecular complexity index is 608. The molecule has 0 spiro atoms. The van der Waals surface area contributed by atoms with Crippen LogP contribution in [0.15, 0.2) is 29.6 Å². The van der Waals surface area contributed by atoms with Crippen LogP contribution in [-0.4, -0.2) is 11.2 Å². The molecule has 1 N–H and O–H groups in total.